The molecule has 3 rings (SSSR count). The van der Waals surface area contributed by atoms with Gasteiger partial charge >= 0.3 is 0 Å². The van der Waals surface area contributed by atoms with Crippen LogP contribution in [0, 0.1) is 5.82 Å². The van der Waals surface area contributed by atoms with Crippen LogP contribution in [0.25, 0.3) is 0 Å². The van der Waals surface area contributed by atoms with Gasteiger partial charge in [-0.15, -0.1) is 0 Å². The van der Waals surface area contributed by atoms with E-state index in [1.807, 2.05) is 18.7 Å². The molecule has 0 radical (unpaired) electrons. The lowest BCUT2D eigenvalue weighted by atomic mass is 10.2. The van der Waals surface area contributed by atoms with Gasteiger partial charge in [-0.2, -0.15) is 4.98 Å². The molecule has 0 spiro atoms. The van der Waals surface area contributed by atoms with Crippen molar-refractivity contribution in [2.45, 2.75) is 26.4 Å². The highest BCUT2D eigenvalue weighted by Crippen LogP contribution is 2.38. The van der Waals surface area contributed by atoms with Crippen LogP contribution in [0.4, 0.5) is 21.6 Å². The van der Waals surface area contributed by atoms with E-state index in [0.29, 0.717) is 23.9 Å². The summed E-state index contributed by atoms with van der Waals surface area (Å²) >= 11 is 0. The number of ether oxygens (including phenoxy) is 1. The van der Waals surface area contributed by atoms with Gasteiger partial charge in [0.15, 0.2) is 5.82 Å². The van der Waals surface area contributed by atoms with E-state index in [-0.39, 0.29) is 11.9 Å². The second kappa shape index (κ2) is 5.20. The SMILES string of the molecule is CC(C)Oc1ncnc(N2CCc3ccc(F)cc32)c1N. The van der Waals surface area contributed by atoms with Crippen molar-refractivity contribution in [1.82, 2.24) is 9.97 Å². The molecular formula is C15H17FN4O. The number of nitrogen functional groups attached to an aromatic ring is 1. The smallest absolute Gasteiger partial charge is 0.242 e. The maximum absolute atomic E-state index is 13.5. The summed E-state index contributed by atoms with van der Waals surface area (Å²) in [6.45, 7) is 4.52. The molecule has 0 unspecified atom stereocenters. The van der Waals surface area contributed by atoms with E-state index in [0.717, 1.165) is 17.7 Å². The van der Waals surface area contributed by atoms with Crippen LogP contribution in [-0.4, -0.2) is 22.6 Å². The molecule has 0 fully saturated rings. The third-order valence-corrected chi connectivity index (χ3v) is 3.37. The van der Waals surface area contributed by atoms with E-state index in [1.165, 1.54) is 18.5 Å². The summed E-state index contributed by atoms with van der Waals surface area (Å²) in [5.41, 5.74) is 8.39. The molecule has 1 aliphatic rings. The number of nitrogens with two attached hydrogens (primary N) is 1. The van der Waals surface area contributed by atoms with Gasteiger partial charge in [-0.25, -0.2) is 9.37 Å². The van der Waals surface area contributed by atoms with Crippen molar-refractivity contribution >= 4 is 17.2 Å². The van der Waals surface area contributed by atoms with Crippen molar-refractivity contribution in [2.75, 3.05) is 17.2 Å². The number of anilines is 3. The topological polar surface area (TPSA) is 64.3 Å². The monoisotopic (exact) mass is 288 g/mol. The standard InChI is InChI=1S/C15H17FN4O/c1-9(2)21-15-13(17)14(18-8-19-15)20-6-5-10-3-4-11(16)7-12(10)20/h3-4,7-9H,5-6,17H2,1-2H3. The minimum Gasteiger partial charge on any atom is -0.473 e. The van der Waals surface area contributed by atoms with Gasteiger partial charge < -0.3 is 15.4 Å². The Labute approximate surface area is 122 Å². The molecule has 2 aromatic rings. The third kappa shape index (κ3) is 2.49. The number of fused-ring (bicyclic) bond motifs is 1. The number of nitrogens with zero attached hydrogens (tertiary/aromatic N) is 3. The summed E-state index contributed by atoms with van der Waals surface area (Å²) in [4.78, 5) is 10.2. The highest BCUT2D eigenvalue weighted by Gasteiger charge is 2.25. The van der Waals surface area contributed by atoms with E-state index >= 15 is 0 Å². The summed E-state index contributed by atoms with van der Waals surface area (Å²) < 4.78 is 19.1. The Morgan fingerprint density at radius 1 is 1.33 bits per heavy atom. The molecule has 21 heavy (non-hydrogen) atoms. The molecule has 1 aliphatic heterocycles. The molecule has 0 saturated heterocycles. The second-order valence-corrected chi connectivity index (χ2v) is 5.26. The lowest BCUT2D eigenvalue weighted by molar-refractivity contribution is 0.234. The maximum atomic E-state index is 13.5. The Morgan fingerprint density at radius 2 is 2.14 bits per heavy atom. The zero-order chi connectivity index (χ0) is 15.0. The number of rotatable bonds is 3. The summed E-state index contributed by atoms with van der Waals surface area (Å²) in [7, 11) is 0. The minimum atomic E-state index is -0.271. The number of benzene rings is 1. The van der Waals surface area contributed by atoms with Crippen LogP contribution >= 0.6 is 0 Å². The van der Waals surface area contributed by atoms with Gasteiger partial charge in [0.2, 0.25) is 5.88 Å². The van der Waals surface area contributed by atoms with Gasteiger partial charge in [0.1, 0.15) is 17.8 Å². The molecule has 2 heterocycles. The van der Waals surface area contributed by atoms with E-state index in [9.17, 15) is 4.39 Å². The number of hydrogen-bond donors (Lipinski definition) is 1. The maximum Gasteiger partial charge on any atom is 0.242 e. The Morgan fingerprint density at radius 3 is 2.90 bits per heavy atom. The molecule has 0 atom stereocenters. The molecule has 110 valence electrons. The van der Waals surface area contributed by atoms with Crippen molar-refractivity contribution in [1.29, 1.82) is 0 Å². The molecule has 1 aromatic carbocycles. The molecule has 6 heteroatoms. The Bertz CT molecular complexity index is 675. The van der Waals surface area contributed by atoms with Gasteiger partial charge in [-0.05, 0) is 38.0 Å². The summed E-state index contributed by atoms with van der Waals surface area (Å²) in [5, 5.41) is 0. The van der Waals surface area contributed by atoms with E-state index in [4.69, 9.17) is 10.5 Å². The fourth-order valence-corrected chi connectivity index (χ4v) is 2.48. The van der Waals surface area contributed by atoms with Crippen LogP contribution in [0.5, 0.6) is 5.88 Å². The Hall–Kier alpha value is -2.37. The number of hydrogen-bond acceptors (Lipinski definition) is 5. The predicted molar refractivity (Wildman–Crippen MR) is 79.3 cm³/mol. The van der Waals surface area contributed by atoms with Crippen LogP contribution in [0.1, 0.15) is 19.4 Å². The van der Waals surface area contributed by atoms with E-state index < -0.39 is 0 Å². The Balaban J connectivity index is 2.02. The van der Waals surface area contributed by atoms with Crippen LogP contribution in [0.3, 0.4) is 0 Å². The summed E-state index contributed by atoms with van der Waals surface area (Å²) in [6.07, 6.45) is 2.22. The van der Waals surface area contributed by atoms with E-state index in [1.54, 1.807) is 6.07 Å². The first kappa shape index (κ1) is 13.6. The first-order valence-electron chi connectivity index (χ1n) is 6.89. The highest BCUT2D eigenvalue weighted by atomic mass is 19.1. The van der Waals surface area contributed by atoms with Crippen LogP contribution in [0.2, 0.25) is 0 Å². The number of halogens is 1. The van der Waals surface area contributed by atoms with Crippen LogP contribution in [0.15, 0.2) is 24.5 Å². The van der Waals surface area contributed by atoms with Gasteiger partial charge in [0, 0.05) is 12.2 Å². The molecule has 0 aliphatic carbocycles. The lowest BCUT2D eigenvalue weighted by Crippen LogP contribution is -2.18. The van der Waals surface area contributed by atoms with Gasteiger partial charge in [0.05, 0.1) is 6.10 Å². The zero-order valence-electron chi connectivity index (χ0n) is 12.0. The molecular weight excluding hydrogens is 271 g/mol. The van der Waals surface area contributed by atoms with Gasteiger partial charge in [0.25, 0.3) is 0 Å². The largest absolute Gasteiger partial charge is 0.473 e. The Kier molecular flexibility index (Phi) is 3.37. The lowest BCUT2D eigenvalue weighted by Gasteiger charge is -2.21. The highest BCUT2D eigenvalue weighted by molar-refractivity contribution is 5.77. The zero-order valence-corrected chi connectivity index (χ0v) is 12.0. The summed E-state index contributed by atoms with van der Waals surface area (Å²) in [5.74, 6) is 0.650. The van der Waals surface area contributed by atoms with E-state index in [2.05, 4.69) is 9.97 Å². The fourth-order valence-electron chi connectivity index (χ4n) is 2.48. The molecule has 0 saturated carbocycles. The minimum absolute atomic E-state index is 0.0293. The molecule has 0 amide bonds. The van der Waals surface area contributed by atoms with Gasteiger partial charge in [-0.1, -0.05) is 6.07 Å². The van der Waals surface area contributed by atoms with Crippen molar-refractivity contribution < 1.29 is 9.13 Å². The molecule has 1 aromatic heterocycles. The summed E-state index contributed by atoms with van der Waals surface area (Å²) in [6, 6.07) is 4.78. The van der Waals surface area contributed by atoms with Crippen LogP contribution in [-0.2, 0) is 6.42 Å². The average molecular weight is 288 g/mol. The average Bonchev–Trinajstić information content (AvgIpc) is 2.83. The van der Waals surface area contributed by atoms with Crippen molar-refractivity contribution in [3.05, 3.63) is 35.9 Å². The molecule has 5 nitrogen and oxygen atoms in total. The quantitative estimate of drug-likeness (QED) is 0.940. The van der Waals surface area contributed by atoms with Gasteiger partial charge in [-0.3, -0.25) is 0 Å². The first-order chi connectivity index (χ1) is 10.1. The second-order valence-electron chi connectivity index (χ2n) is 5.26. The normalized spacial score (nSPS) is 13.6. The van der Waals surface area contributed by atoms with Crippen LogP contribution < -0.4 is 15.4 Å². The number of aromatic nitrogens is 2. The van der Waals surface area contributed by atoms with Crippen molar-refractivity contribution in [2.24, 2.45) is 0 Å². The predicted octanol–water partition coefficient (Wildman–Crippen LogP) is 2.68. The first-order valence-corrected chi connectivity index (χ1v) is 6.89. The fraction of sp³-hybridized carbons (Fsp3) is 0.333. The van der Waals surface area contributed by atoms with Crippen molar-refractivity contribution in [3.8, 4) is 5.88 Å². The molecule has 0 bridgehead atoms. The molecule has 2 N–H and O–H groups in total. The third-order valence-electron chi connectivity index (χ3n) is 3.37. The van der Waals surface area contributed by atoms with Crippen molar-refractivity contribution in [3.63, 3.8) is 0 Å².